The summed E-state index contributed by atoms with van der Waals surface area (Å²) >= 11 is 0. The maximum atomic E-state index is 13.4. The third kappa shape index (κ3) is 7.37. The zero-order valence-corrected chi connectivity index (χ0v) is 17.8. The zero-order chi connectivity index (χ0) is 21.9. The molecule has 31 heavy (non-hydrogen) atoms. The highest BCUT2D eigenvalue weighted by Crippen LogP contribution is 2.21. The smallest absolute Gasteiger partial charge is 0.242 e. The van der Waals surface area contributed by atoms with E-state index in [4.69, 9.17) is 9.15 Å². The molecule has 1 unspecified atom stereocenters. The van der Waals surface area contributed by atoms with Gasteiger partial charge in [0.25, 0.3) is 0 Å². The minimum atomic E-state index is -0.257. The second-order valence-corrected chi connectivity index (χ2v) is 7.15. The van der Waals surface area contributed by atoms with E-state index in [1.54, 1.807) is 18.4 Å². The molecule has 0 radical (unpaired) electrons. The van der Waals surface area contributed by atoms with Crippen molar-refractivity contribution in [3.63, 3.8) is 0 Å². The Morgan fingerprint density at radius 2 is 1.94 bits per heavy atom. The summed E-state index contributed by atoms with van der Waals surface area (Å²) in [6.45, 7) is 6.45. The predicted molar refractivity (Wildman–Crippen MR) is 116 cm³/mol. The summed E-state index contributed by atoms with van der Waals surface area (Å²) in [5.74, 6) is 0.788. The highest BCUT2D eigenvalue weighted by atomic mass is 19.1. The summed E-state index contributed by atoms with van der Waals surface area (Å²) in [6.07, 6.45) is 1.57. The van der Waals surface area contributed by atoms with Crippen LogP contribution in [0.3, 0.4) is 0 Å². The highest BCUT2D eigenvalue weighted by Gasteiger charge is 2.23. The number of carbonyl (C=O) groups excluding carboxylic acids is 1. The fourth-order valence-electron chi connectivity index (χ4n) is 3.37. The molecule has 1 aliphatic heterocycles. The lowest BCUT2D eigenvalue weighted by molar-refractivity contribution is -0.119. The molecule has 9 heteroatoms. The van der Waals surface area contributed by atoms with E-state index in [0.29, 0.717) is 44.6 Å². The van der Waals surface area contributed by atoms with E-state index in [9.17, 15) is 9.18 Å². The molecule has 0 aliphatic carbocycles. The van der Waals surface area contributed by atoms with Crippen LogP contribution in [0.4, 0.5) is 4.39 Å². The van der Waals surface area contributed by atoms with E-state index >= 15 is 0 Å². The van der Waals surface area contributed by atoms with Crippen LogP contribution in [-0.2, 0) is 16.1 Å². The van der Waals surface area contributed by atoms with Crippen LogP contribution in [0, 0.1) is 5.82 Å². The summed E-state index contributed by atoms with van der Waals surface area (Å²) in [4.78, 5) is 18.8. The van der Waals surface area contributed by atoms with Crippen LogP contribution in [0.25, 0.3) is 0 Å². The number of morpholine rings is 1. The van der Waals surface area contributed by atoms with Crippen molar-refractivity contribution >= 4 is 11.9 Å². The third-order valence-corrected chi connectivity index (χ3v) is 4.97. The van der Waals surface area contributed by atoms with Gasteiger partial charge in [0.2, 0.25) is 5.91 Å². The number of rotatable bonds is 9. The zero-order valence-electron chi connectivity index (χ0n) is 17.8. The number of aliphatic imine (C=N–C) groups is 1. The first-order valence-corrected chi connectivity index (χ1v) is 10.5. The molecule has 8 nitrogen and oxygen atoms in total. The molecule has 3 N–H and O–H groups in total. The summed E-state index contributed by atoms with van der Waals surface area (Å²) in [5.41, 5.74) is 1.02. The number of ether oxygens (including phenoxy) is 1. The van der Waals surface area contributed by atoms with Crippen LogP contribution in [0.1, 0.15) is 24.3 Å². The van der Waals surface area contributed by atoms with Crippen molar-refractivity contribution in [2.45, 2.75) is 19.5 Å². The van der Waals surface area contributed by atoms with E-state index < -0.39 is 0 Å². The predicted octanol–water partition coefficient (Wildman–Crippen LogP) is 1.66. The van der Waals surface area contributed by atoms with Gasteiger partial charge in [-0.1, -0.05) is 12.1 Å². The molecule has 0 saturated carbocycles. The minimum absolute atomic E-state index is 0.00515. The van der Waals surface area contributed by atoms with Crippen LogP contribution in [0.15, 0.2) is 52.1 Å². The SMILES string of the molecule is CCNC(=NCC(=O)NCc1ccco1)NCC(c1ccc(F)cc1)N1CCOCC1. The Kier molecular flexibility index (Phi) is 8.86. The Morgan fingerprint density at radius 1 is 1.16 bits per heavy atom. The lowest BCUT2D eigenvalue weighted by Crippen LogP contribution is -2.46. The monoisotopic (exact) mass is 431 g/mol. The number of nitrogens with zero attached hydrogens (tertiary/aromatic N) is 2. The van der Waals surface area contributed by atoms with E-state index in [2.05, 4.69) is 25.8 Å². The van der Waals surface area contributed by atoms with E-state index in [-0.39, 0.29) is 24.3 Å². The first-order valence-electron chi connectivity index (χ1n) is 10.5. The van der Waals surface area contributed by atoms with Crippen molar-refractivity contribution in [3.8, 4) is 0 Å². The van der Waals surface area contributed by atoms with Crippen molar-refractivity contribution < 1.29 is 18.3 Å². The largest absolute Gasteiger partial charge is 0.467 e. The molecular weight excluding hydrogens is 401 g/mol. The summed E-state index contributed by atoms with van der Waals surface area (Å²) in [5, 5.41) is 9.26. The Morgan fingerprint density at radius 3 is 2.61 bits per heavy atom. The van der Waals surface area contributed by atoms with Crippen molar-refractivity contribution in [2.24, 2.45) is 4.99 Å². The number of benzene rings is 1. The lowest BCUT2D eigenvalue weighted by atomic mass is 10.0. The summed E-state index contributed by atoms with van der Waals surface area (Å²) in [7, 11) is 0. The van der Waals surface area contributed by atoms with E-state index in [0.717, 1.165) is 18.7 Å². The molecule has 1 aliphatic rings. The van der Waals surface area contributed by atoms with Gasteiger partial charge in [-0.25, -0.2) is 9.38 Å². The molecule has 0 spiro atoms. The van der Waals surface area contributed by atoms with Gasteiger partial charge in [0.15, 0.2) is 5.96 Å². The molecule has 1 fully saturated rings. The molecule has 1 amide bonds. The average Bonchev–Trinajstić information content (AvgIpc) is 3.32. The van der Waals surface area contributed by atoms with Crippen molar-refractivity contribution in [1.29, 1.82) is 0 Å². The molecule has 0 bridgehead atoms. The van der Waals surface area contributed by atoms with E-state index in [1.807, 2.05) is 19.1 Å². The van der Waals surface area contributed by atoms with Gasteiger partial charge in [0.1, 0.15) is 18.1 Å². The molecule has 1 saturated heterocycles. The fourth-order valence-corrected chi connectivity index (χ4v) is 3.37. The standard InChI is InChI=1S/C22H30FN5O3/c1-2-24-22(27-16-21(29)25-14-19-4-3-11-31-19)26-15-20(28-9-12-30-13-10-28)17-5-7-18(23)8-6-17/h3-8,11,20H,2,9-10,12-16H2,1H3,(H,25,29)(H2,24,26,27). The molecule has 1 aromatic heterocycles. The minimum Gasteiger partial charge on any atom is -0.467 e. The van der Waals surface area contributed by atoms with Gasteiger partial charge in [0.05, 0.1) is 32.1 Å². The Balaban J connectivity index is 1.59. The number of hydrogen-bond donors (Lipinski definition) is 3. The van der Waals surface area contributed by atoms with Crippen molar-refractivity contribution in [3.05, 3.63) is 59.8 Å². The quantitative estimate of drug-likeness (QED) is 0.413. The van der Waals surface area contributed by atoms with Gasteiger partial charge in [-0.2, -0.15) is 0 Å². The Hall–Kier alpha value is -2.91. The number of guanidine groups is 1. The van der Waals surface area contributed by atoms with E-state index in [1.165, 1.54) is 12.1 Å². The van der Waals surface area contributed by atoms with Crippen molar-refractivity contribution in [2.75, 3.05) is 45.9 Å². The van der Waals surface area contributed by atoms with Gasteiger partial charge >= 0.3 is 0 Å². The van der Waals surface area contributed by atoms with Gasteiger partial charge in [-0.05, 0) is 36.8 Å². The third-order valence-electron chi connectivity index (χ3n) is 4.97. The number of hydrogen-bond acceptors (Lipinski definition) is 5. The Labute approximate surface area is 181 Å². The molecule has 2 aromatic rings. The molecule has 168 valence electrons. The van der Waals surface area contributed by atoms with Crippen LogP contribution >= 0.6 is 0 Å². The van der Waals surface area contributed by atoms with Crippen LogP contribution < -0.4 is 16.0 Å². The fraction of sp³-hybridized carbons (Fsp3) is 0.455. The molecule has 1 aromatic carbocycles. The average molecular weight is 432 g/mol. The second kappa shape index (κ2) is 12.1. The second-order valence-electron chi connectivity index (χ2n) is 7.15. The summed E-state index contributed by atoms with van der Waals surface area (Å²) < 4.78 is 24.1. The van der Waals surface area contributed by atoms with Crippen LogP contribution in [0.2, 0.25) is 0 Å². The van der Waals surface area contributed by atoms with Gasteiger partial charge in [-0.15, -0.1) is 0 Å². The summed E-state index contributed by atoms with van der Waals surface area (Å²) in [6, 6.07) is 10.2. The maximum Gasteiger partial charge on any atom is 0.242 e. The number of carbonyl (C=O) groups is 1. The number of furan rings is 1. The molecule has 2 heterocycles. The first-order chi connectivity index (χ1) is 15.2. The van der Waals surface area contributed by atoms with Crippen molar-refractivity contribution in [1.82, 2.24) is 20.9 Å². The highest BCUT2D eigenvalue weighted by molar-refractivity contribution is 5.84. The Bertz CT molecular complexity index is 820. The number of amides is 1. The normalized spacial score (nSPS) is 16.0. The van der Waals surface area contributed by atoms with Crippen LogP contribution in [-0.4, -0.2) is 62.7 Å². The molecule has 1 atom stereocenters. The lowest BCUT2D eigenvalue weighted by Gasteiger charge is -2.35. The molecule has 3 rings (SSSR count). The number of nitrogens with one attached hydrogen (secondary N) is 3. The topological polar surface area (TPSA) is 91.1 Å². The van der Waals surface area contributed by atoms with Crippen LogP contribution in [0.5, 0.6) is 0 Å². The van der Waals surface area contributed by atoms with Gasteiger partial charge < -0.3 is 25.1 Å². The van der Waals surface area contributed by atoms with Gasteiger partial charge in [-0.3, -0.25) is 9.69 Å². The number of halogens is 1. The molecular formula is C22H30FN5O3. The van der Waals surface area contributed by atoms with Gasteiger partial charge in [0, 0.05) is 26.2 Å². The maximum absolute atomic E-state index is 13.4. The first kappa shape index (κ1) is 22.8.